The van der Waals surface area contributed by atoms with Crippen LogP contribution in [-0.4, -0.2) is 30.9 Å². The first-order valence-corrected chi connectivity index (χ1v) is 7.93. The highest BCUT2D eigenvalue weighted by Gasteiger charge is 2.34. The largest absolute Gasteiger partial charge is 0.356 e. The van der Waals surface area contributed by atoms with Gasteiger partial charge in [-0.3, -0.25) is 9.59 Å². The third kappa shape index (κ3) is 4.07. The molecule has 1 aromatic carbocycles. The number of carbonyl (C=O) groups is 2. The summed E-state index contributed by atoms with van der Waals surface area (Å²) in [6.07, 6.45) is 1.99. The van der Waals surface area contributed by atoms with E-state index in [1.165, 1.54) is 5.56 Å². The number of anilines is 1. The molecule has 0 spiro atoms. The fourth-order valence-corrected chi connectivity index (χ4v) is 2.61. The van der Waals surface area contributed by atoms with Crippen LogP contribution in [0, 0.1) is 5.92 Å². The Labute approximate surface area is 131 Å². The van der Waals surface area contributed by atoms with Crippen LogP contribution in [0.5, 0.6) is 0 Å². The topological polar surface area (TPSA) is 75.4 Å². The zero-order valence-corrected chi connectivity index (χ0v) is 13.3. The molecule has 3 N–H and O–H groups in total. The molecular weight excluding hydrogens is 278 g/mol. The summed E-state index contributed by atoms with van der Waals surface area (Å²) in [6.45, 7) is 5.02. The number of amides is 2. The van der Waals surface area contributed by atoms with Gasteiger partial charge in [-0.2, -0.15) is 0 Å². The maximum atomic E-state index is 12.2. The molecule has 5 nitrogen and oxygen atoms in total. The summed E-state index contributed by atoms with van der Waals surface area (Å²) in [4.78, 5) is 26.0. The van der Waals surface area contributed by atoms with Crippen LogP contribution in [0.25, 0.3) is 0 Å². The number of hydrogen-bond donors (Lipinski definition) is 2. The SMILES string of the molecule is CCc1ccc(N2CC(C(=O)NCCC(C)N)CC2=O)cc1. The van der Waals surface area contributed by atoms with Gasteiger partial charge in [-0.25, -0.2) is 0 Å². The summed E-state index contributed by atoms with van der Waals surface area (Å²) in [5, 5.41) is 2.87. The maximum Gasteiger partial charge on any atom is 0.227 e. The van der Waals surface area contributed by atoms with Crippen molar-refractivity contribution in [2.45, 2.75) is 39.2 Å². The summed E-state index contributed by atoms with van der Waals surface area (Å²) in [5.41, 5.74) is 7.77. The van der Waals surface area contributed by atoms with Crippen LogP contribution in [-0.2, 0) is 16.0 Å². The summed E-state index contributed by atoms with van der Waals surface area (Å²) in [7, 11) is 0. The lowest BCUT2D eigenvalue weighted by atomic mass is 10.1. The van der Waals surface area contributed by atoms with Crippen molar-refractivity contribution >= 4 is 17.5 Å². The number of nitrogens with one attached hydrogen (secondary N) is 1. The van der Waals surface area contributed by atoms with Crippen molar-refractivity contribution in [3.8, 4) is 0 Å². The molecule has 1 heterocycles. The second-order valence-corrected chi connectivity index (χ2v) is 5.98. The van der Waals surface area contributed by atoms with Gasteiger partial charge < -0.3 is 16.0 Å². The molecule has 1 aliphatic heterocycles. The van der Waals surface area contributed by atoms with E-state index in [0.717, 1.165) is 18.5 Å². The second kappa shape index (κ2) is 7.40. The Morgan fingerprint density at radius 1 is 1.41 bits per heavy atom. The summed E-state index contributed by atoms with van der Waals surface area (Å²) < 4.78 is 0. The molecular formula is C17H25N3O2. The summed E-state index contributed by atoms with van der Waals surface area (Å²) >= 11 is 0. The number of nitrogens with two attached hydrogens (primary N) is 1. The minimum Gasteiger partial charge on any atom is -0.356 e. The van der Waals surface area contributed by atoms with Crippen LogP contribution in [0.2, 0.25) is 0 Å². The average Bonchev–Trinajstić information content (AvgIpc) is 2.89. The van der Waals surface area contributed by atoms with Gasteiger partial charge in [0.05, 0.1) is 5.92 Å². The van der Waals surface area contributed by atoms with Gasteiger partial charge >= 0.3 is 0 Å². The van der Waals surface area contributed by atoms with E-state index < -0.39 is 0 Å². The number of rotatable bonds is 6. The monoisotopic (exact) mass is 303 g/mol. The van der Waals surface area contributed by atoms with Gasteiger partial charge in [0.1, 0.15) is 0 Å². The van der Waals surface area contributed by atoms with E-state index in [0.29, 0.717) is 13.1 Å². The lowest BCUT2D eigenvalue weighted by molar-refractivity contribution is -0.126. The quantitative estimate of drug-likeness (QED) is 0.835. The van der Waals surface area contributed by atoms with Crippen molar-refractivity contribution in [3.05, 3.63) is 29.8 Å². The van der Waals surface area contributed by atoms with E-state index in [9.17, 15) is 9.59 Å². The van der Waals surface area contributed by atoms with Crippen LogP contribution in [0.15, 0.2) is 24.3 Å². The molecule has 1 saturated heterocycles. The number of benzene rings is 1. The molecule has 22 heavy (non-hydrogen) atoms. The van der Waals surface area contributed by atoms with Crippen LogP contribution in [0.4, 0.5) is 5.69 Å². The molecule has 0 aromatic heterocycles. The van der Waals surface area contributed by atoms with Crippen molar-refractivity contribution in [1.29, 1.82) is 0 Å². The highest BCUT2D eigenvalue weighted by atomic mass is 16.2. The molecule has 1 fully saturated rings. The molecule has 120 valence electrons. The fourth-order valence-electron chi connectivity index (χ4n) is 2.61. The molecule has 0 saturated carbocycles. The zero-order valence-electron chi connectivity index (χ0n) is 13.3. The molecule has 0 aliphatic carbocycles. The molecule has 2 rings (SSSR count). The number of nitrogens with zero attached hydrogens (tertiary/aromatic N) is 1. The smallest absolute Gasteiger partial charge is 0.227 e. The normalized spacial score (nSPS) is 19.3. The fraction of sp³-hybridized carbons (Fsp3) is 0.529. The molecule has 5 heteroatoms. The Balaban J connectivity index is 1.93. The summed E-state index contributed by atoms with van der Waals surface area (Å²) in [6, 6.07) is 8.02. The van der Waals surface area contributed by atoms with Crippen LogP contribution >= 0.6 is 0 Å². The minimum atomic E-state index is -0.272. The van der Waals surface area contributed by atoms with E-state index in [2.05, 4.69) is 12.2 Å². The van der Waals surface area contributed by atoms with Gasteiger partial charge in [0.2, 0.25) is 11.8 Å². The summed E-state index contributed by atoms with van der Waals surface area (Å²) in [5.74, 6) is -0.315. The molecule has 2 amide bonds. The van der Waals surface area contributed by atoms with Gasteiger partial charge in [-0.1, -0.05) is 19.1 Å². The second-order valence-electron chi connectivity index (χ2n) is 5.98. The third-order valence-electron chi connectivity index (χ3n) is 4.05. The molecule has 1 aromatic rings. The van der Waals surface area contributed by atoms with E-state index in [4.69, 9.17) is 5.73 Å². The molecule has 0 bridgehead atoms. The zero-order chi connectivity index (χ0) is 16.1. The van der Waals surface area contributed by atoms with E-state index >= 15 is 0 Å². The third-order valence-corrected chi connectivity index (χ3v) is 4.05. The Bertz CT molecular complexity index is 525. The van der Waals surface area contributed by atoms with Crippen molar-refractivity contribution in [3.63, 3.8) is 0 Å². The van der Waals surface area contributed by atoms with Crippen molar-refractivity contribution in [1.82, 2.24) is 5.32 Å². The Hall–Kier alpha value is -1.88. The maximum absolute atomic E-state index is 12.2. The van der Waals surface area contributed by atoms with Gasteiger partial charge in [0.25, 0.3) is 0 Å². The molecule has 2 atom stereocenters. The molecule has 1 aliphatic rings. The molecule has 0 radical (unpaired) electrons. The lowest BCUT2D eigenvalue weighted by Gasteiger charge is -2.17. The van der Waals surface area contributed by atoms with Crippen molar-refractivity contribution in [2.75, 3.05) is 18.0 Å². The minimum absolute atomic E-state index is 0.0107. The average molecular weight is 303 g/mol. The van der Waals surface area contributed by atoms with E-state index in [1.54, 1.807) is 4.90 Å². The van der Waals surface area contributed by atoms with Crippen LogP contribution in [0.1, 0.15) is 32.3 Å². The van der Waals surface area contributed by atoms with E-state index in [-0.39, 0.29) is 30.2 Å². The van der Waals surface area contributed by atoms with Gasteiger partial charge in [0, 0.05) is 31.2 Å². The van der Waals surface area contributed by atoms with Crippen molar-refractivity contribution in [2.24, 2.45) is 11.7 Å². The van der Waals surface area contributed by atoms with Gasteiger partial charge in [-0.05, 0) is 37.5 Å². The Morgan fingerprint density at radius 3 is 2.68 bits per heavy atom. The van der Waals surface area contributed by atoms with Crippen molar-refractivity contribution < 1.29 is 9.59 Å². The number of carbonyl (C=O) groups excluding carboxylic acids is 2. The first kappa shape index (κ1) is 16.5. The predicted molar refractivity (Wildman–Crippen MR) is 87.6 cm³/mol. The first-order valence-electron chi connectivity index (χ1n) is 7.93. The van der Waals surface area contributed by atoms with Crippen LogP contribution in [0.3, 0.4) is 0 Å². The van der Waals surface area contributed by atoms with E-state index in [1.807, 2.05) is 31.2 Å². The van der Waals surface area contributed by atoms with Crippen LogP contribution < -0.4 is 16.0 Å². The Kier molecular flexibility index (Phi) is 5.55. The number of hydrogen-bond acceptors (Lipinski definition) is 3. The Morgan fingerprint density at radius 2 is 2.09 bits per heavy atom. The molecule has 2 unspecified atom stereocenters. The lowest BCUT2D eigenvalue weighted by Crippen LogP contribution is -2.35. The predicted octanol–water partition coefficient (Wildman–Crippen LogP) is 1.46. The van der Waals surface area contributed by atoms with Gasteiger partial charge in [0.15, 0.2) is 0 Å². The first-order chi connectivity index (χ1) is 10.5. The highest BCUT2D eigenvalue weighted by molar-refractivity contribution is 6.00. The highest BCUT2D eigenvalue weighted by Crippen LogP contribution is 2.25. The van der Waals surface area contributed by atoms with Gasteiger partial charge in [-0.15, -0.1) is 0 Å². The number of aryl methyl sites for hydroxylation is 1. The standard InChI is InChI=1S/C17H25N3O2/c1-3-13-4-6-15(7-5-13)20-11-14(10-16(20)21)17(22)19-9-8-12(2)18/h4-7,12,14H,3,8-11,18H2,1-2H3,(H,19,22).